The van der Waals surface area contributed by atoms with E-state index in [1.54, 1.807) is 0 Å². The smallest absolute Gasteiger partial charge is 0.00264 e. The summed E-state index contributed by atoms with van der Waals surface area (Å²) in [6, 6.07) is 26.4. The molecular formula is C21H16. The Balaban J connectivity index is 0.00000115. The molecule has 0 saturated carbocycles. The Hall–Kier alpha value is -2.60. The molecule has 0 nitrogen and oxygen atoms in total. The van der Waals surface area contributed by atoms with Gasteiger partial charge in [-0.1, -0.05) is 80.2 Å². The second kappa shape index (κ2) is 4.20. The first-order valence-electron chi connectivity index (χ1n) is 6.98. The molecule has 0 amide bonds. The zero-order valence-corrected chi connectivity index (χ0v) is 10.9. The van der Waals surface area contributed by atoms with Crippen molar-refractivity contribution >= 4 is 43.1 Å². The third-order valence-electron chi connectivity index (χ3n) is 4.39. The average Bonchev–Trinajstić information content (AvgIpc) is 2.52. The molecule has 5 aromatic carbocycles. The second-order valence-electron chi connectivity index (χ2n) is 5.42. The van der Waals surface area contributed by atoms with Crippen molar-refractivity contribution in [1.29, 1.82) is 0 Å². The number of fused-ring (bicyclic) bond motifs is 2. The van der Waals surface area contributed by atoms with Gasteiger partial charge in [-0.2, -0.15) is 0 Å². The zero-order valence-electron chi connectivity index (χ0n) is 10.9. The Morgan fingerprint density at radius 2 is 0.667 bits per heavy atom. The third kappa shape index (κ3) is 1.45. The summed E-state index contributed by atoms with van der Waals surface area (Å²) in [7, 11) is 0. The van der Waals surface area contributed by atoms with Crippen LogP contribution in [-0.4, -0.2) is 0 Å². The first-order chi connectivity index (χ1) is 9.93. The van der Waals surface area contributed by atoms with E-state index in [1.165, 1.54) is 43.1 Å². The zero-order chi connectivity index (χ0) is 13.1. The Bertz CT molecular complexity index is 917. The molecule has 0 saturated heterocycles. The lowest BCUT2D eigenvalue weighted by Gasteiger charge is -2.13. The van der Waals surface area contributed by atoms with Crippen LogP contribution in [0.25, 0.3) is 43.1 Å². The number of benzene rings is 5. The van der Waals surface area contributed by atoms with Crippen molar-refractivity contribution in [3.05, 3.63) is 72.8 Å². The summed E-state index contributed by atoms with van der Waals surface area (Å²) in [5.74, 6) is 0. The van der Waals surface area contributed by atoms with E-state index in [2.05, 4.69) is 72.8 Å². The topological polar surface area (TPSA) is 0 Å². The fourth-order valence-electron chi connectivity index (χ4n) is 3.58. The van der Waals surface area contributed by atoms with E-state index in [1.807, 2.05) is 0 Å². The van der Waals surface area contributed by atoms with Gasteiger partial charge in [-0.05, 0) is 43.1 Å². The van der Waals surface area contributed by atoms with Crippen LogP contribution in [0.15, 0.2) is 72.8 Å². The normalized spacial score (nSPS) is 11.4. The van der Waals surface area contributed by atoms with Crippen LogP contribution in [0.3, 0.4) is 0 Å². The molecular weight excluding hydrogens is 252 g/mol. The lowest BCUT2D eigenvalue weighted by atomic mass is 9.90. The van der Waals surface area contributed by atoms with Gasteiger partial charge in [0.25, 0.3) is 0 Å². The fourth-order valence-corrected chi connectivity index (χ4v) is 3.58. The molecule has 5 rings (SSSR count). The molecule has 0 atom stereocenters. The van der Waals surface area contributed by atoms with E-state index < -0.39 is 0 Å². The summed E-state index contributed by atoms with van der Waals surface area (Å²) in [6.45, 7) is 0. The quantitative estimate of drug-likeness (QED) is 0.226. The molecule has 0 bridgehead atoms. The summed E-state index contributed by atoms with van der Waals surface area (Å²) in [6.07, 6.45) is 0. The van der Waals surface area contributed by atoms with Gasteiger partial charge in [0, 0.05) is 0 Å². The SMILES string of the molecule is C.c1cc2cccc3c4cccc5cccc(c(c1)c23)c54. The first-order valence-corrected chi connectivity index (χ1v) is 6.98. The monoisotopic (exact) mass is 268 g/mol. The summed E-state index contributed by atoms with van der Waals surface area (Å²) in [4.78, 5) is 0. The van der Waals surface area contributed by atoms with E-state index >= 15 is 0 Å². The molecule has 0 aliphatic rings. The van der Waals surface area contributed by atoms with Crippen LogP contribution >= 0.6 is 0 Å². The van der Waals surface area contributed by atoms with Gasteiger partial charge in [-0.15, -0.1) is 0 Å². The van der Waals surface area contributed by atoms with E-state index in [4.69, 9.17) is 0 Å². The Morgan fingerprint density at radius 3 is 0.952 bits per heavy atom. The van der Waals surface area contributed by atoms with Gasteiger partial charge >= 0.3 is 0 Å². The third-order valence-corrected chi connectivity index (χ3v) is 4.39. The van der Waals surface area contributed by atoms with Gasteiger partial charge in [-0.25, -0.2) is 0 Å². The lowest BCUT2D eigenvalue weighted by molar-refractivity contribution is 1.78. The van der Waals surface area contributed by atoms with Crippen molar-refractivity contribution < 1.29 is 0 Å². The molecule has 0 radical (unpaired) electrons. The van der Waals surface area contributed by atoms with Gasteiger partial charge in [0.15, 0.2) is 0 Å². The number of hydrogen-bond donors (Lipinski definition) is 0. The molecule has 0 heteroatoms. The summed E-state index contributed by atoms with van der Waals surface area (Å²) in [5, 5.41) is 10.9. The summed E-state index contributed by atoms with van der Waals surface area (Å²) < 4.78 is 0. The maximum atomic E-state index is 2.25. The Kier molecular flexibility index (Phi) is 2.43. The van der Waals surface area contributed by atoms with Crippen LogP contribution in [-0.2, 0) is 0 Å². The molecule has 0 N–H and O–H groups in total. The predicted molar refractivity (Wildman–Crippen MR) is 94.4 cm³/mol. The van der Waals surface area contributed by atoms with Gasteiger partial charge < -0.3 is 0 Å². The molecule has 0 fully saturated rings. The molecule has 0 aliphatic heterocycles. The summed E-state index contributed by atoms with van der Waals surface area (Å²) >= 11 is 0. The minimum Gasteiger partial charge on any atom is -0.0776 e. The van der Waals surface area contributed by atoms with Crippen LogP contribution in [0.2, 0.25) is 0 Å². The van der Waals surface area contributed by atoms with Crippen LogP contribution in [0.1, 0.15) is 7.43 Å². The van der Waals surface area contributed by atoms with Crippen molar-refractivity contribution in [2.45, 2.75) is 7.43 Å². The van der Waals surface area contributed by atoms with Crippen molar-refractivity contribution in [3.8, 4) is 0 Å². The van der Waals surface area contributed by atoms with Gasteiger partial charge in [0.2, 0.25) is 0 Å². The number of rotatable bonds is 0. The fraction of sp³-hybridized carbons (Fsp3) is 0.0476. The molecule has 0 heterocycles. The van der Waals surface area contributed by atoms with Crippen LogP contribution in [0.5, 0.6) is 0 Å². The van der Waals surface area contributed by atoms with Crippen molar-refractivity contribution in [2.75, 3.05) is 0 Å². The highest BCUT2D eigenvalue weighted by atomic mass is 14.1. The van der Waals surface area contributed by atoms with Crippen LogP contribution in [0.4, 0.5) is 0 Å². The van der Waals surface area contributed by atoms with E-state index in [-0.39, 0.29) is 7.43 Å². The molecule has 100 valence electrons. The highest BCUT2D eigenvalue weighted by molar-refractivity contribution is 6.32. The highest BCUT2D eigenvalue weighted by Crippen LogP contribution is 2.39. The summed E-state index contributed by atoms with van der Waals surface area (Å²) in [5.41, 5.74) is 0. The van der Waals surface area contributed by atoms with Crippen molar-refractivity contribution in [2.24, 2.45) is 0 Å². The van der Waals surface area contributed by atoms with Gasteiger partial charge in [0.1, 0.15) is 0 Å². The molecule has 21 heavy (non-hydrogen) atoms. The molecule has 0 unspecified atom stereocenters. The number of hydrogen-bond acceptors (Lipinski definition) is 0. The Labute approximate surface area is 124 Å². The first kappa shape index (κ1) is 12.2. The van der Waals surface area contributed by atoms with Crippen LogP contribution < -0.4 is 0 Å². The molecule has 0 aliphatic carbocycles. The van der Waals surface area contributed by atoms with Gasteiger partial charge in [0.05, 0.1) is 0 Å². The van der Waals surface area contributed by atoms with E-state index in [9.17, 15) is 0 Å². The second-order valence-corrected chi connectivity index (χ2v) is 5.42. The van der Waals surface area contributed by atoms with Crippen molar-refractivity contribution in [3.63, 3.8) is 0 Å². The standard InChI is InChI=1S/C20H12.CH4/c1-5-13-6-2-11-17-18-12-4-8-14-7-3-10-16(20(14)18)15(9-1)19(13)17;/h1-12H;1H4. The van der Waals surface area contributed by atoms with Gasteiger partial charge in [-0.3, -0.25) is 0 Å². The minimum absolute atomic E-state index is 0. The van der Waals surface area contributed by atoms with E-state index in [0.29, 0.717) is 0 Å². The molecule has 5 aromatic rings. The average molecular weight is 268 g/mol. The predicted octanol–water partition coefficient (Wildman–Crippen LogP) is 6.37. The van der Waals surface area contributed by atoms with Crippen LogP contribution in [0, 0.1) is 0 Å². The molecule has 0 spiro atoms. The minimum atomic E-state index is 0. The lowest BCUT2D eigenvalue weighted by Crippen LogP contribution is -1.85. The Morgan fingerprint density at radius 1 is 0.381 bits per heavy atom. The highest BCUT2D eigenvalue weighted by Gasteiger charge is 2.11. The van der Waals surface area contributed by atoms with Crippen molar-refractivity contribution in [1.82, 2.24) is 0 Å². The maximum absolute atomic E-state index is 2.25. The van der Waals surface area contributed by atoms with E-state index in [0.717, 1.165) is 0 Å². The molecule has 0 aromatic heterocycles. The largest absolute Gasteiger partial charge is 0.0776 e. The maximum Gasteiger partial charge on any atom is -0.00264 e.